The standard InChI is InChI=1S/C11H10F3O2/c1-7(2)16-9-5-3-4-8(6-15)10(9)11(12,13)14/h3-5,7H,1-2H3. The van der Waals surface area contributed by atoms with Gasteiger partial charge in [0.1, 0.15) is 11.3 Å². The van der Waals surface area contributed by atoms with Gasteiger partial charge < -0.3 is 4.74 Å². The third-order valence-electron chi connectivity index (χ3n) is 1.78. The maximum Gasteiger partial charge on any atom is 0.420 e. The smallest absolute Gasteiger partial charge is 0.420 e. The molecule has 0 saturated heterocycles. The molecule has 0 aliphatic rings. The van der Waals surface area contributed by atoms with E-state index in [1.165, 1.54) is 18.4 Å². The second-order valence-electron chi connectivity index (χ2n) is 3.45. The quantitative estimate of drug-likeness (QED) is 0.799. The normalized spacial score (nSPS) is 11.6. The lowest BCUT2D eigenvalue weighted by atomic mass is 10.1. The summed E-state index contributed by atoms with van der Waals surface area (Å²) in [6.07, 6.45) is -3.76. The Morgan fingerprint density at radius 2 is 1.94 bits per heavy atom. The van der Waals surface area contributed by atoms with Gasteiger partial charge in [0.15, 0.2) is 0 Å². The lowest BCUT2D eigenvalue weighted by molar-refractivity contribution is -0.139. The predicted octanol–water partition coefficient (Wildman–Crippen LogP) is 2.95. The van der Waals surface area contributed by atoms with Gasteiger partial charge in [0, 0.05) is 5.56 Å². The third-order valence-corrected chi connectivity index (χ3v) is 1.78. The van der Waals surface area contributed by atoms with Gasteiger partial charge in [0.05, 0.1) is 6.10 Å². The van der Waals surface area contributed by atoms with Gasteiger partial charge in [-0.2, -0.15) is 13.2 Å². The summed E-state index contributed by atoms with van der Waals surface area (Å²) in [4.78, 5) is 10.4. The van der Waals surface area contributed by atoms with Crippen LogP contribution in [0.3, 0.4) is 0 Å². The van der Waals surface area contributed by atoms with Crippen LogP contribution in [0.1, 0.15) is 25.0 Å². The maximum absolute atomic E-state index is 12.7. The highest BCUT2D eigenvalue weighted by Crippen LogP contribution is 2.38. The second kappa shape index (κ2) is 4.55. The highest BCUT2D eigenvalue weighted by atomic mass is 19.4. The van der Waals surface area contributed by atoms with Crippen molar-refractivity contribution in [1.29, 1.82) is 0 Å². The Morgan fingerprint density at radius 1 is 1.31 bits per heavy atom. The van der Waals surface area contributed by atoms with Gasteiger partial charge in [-0.15, -0.1) is 0 Å². The molecule has 0 fully saturated rings. The van der Waals surface area contributed by atoms with Crippen molar-refractivity contribution in [2.24, 2.45) is 0 Å². The van der Waals surface area contributed by atoms with Crippen LogP contribution in [0.2, 0.25) is 0 Å². The monoisotopic (exact) mass is 231 g/mol. The molecule has 0 bridgehead atoms. The Bertz CT molecular complexity index is 383. The summed E-state index contributed by atoms with van der Waals surface area (Å²) in [5.41, 5.74) is -1.61. The summed E-state index contributed by atoms with van der Waals surface area (Å²) in [5.74, 6) is -0.344. The first-order chi connectivity index (χ1) is 7.36. The summed E-state index contributed by atoms with van der Waals surface area (Å²) in [6, 6.07) is 3.57. The van der Waals surface area contributed by atoms with E-state index in [0.29, 0.717) is 0 Å². The van der Waals surface area contributed by atoms with E-state index < -0.39 is 23.4 Å². The van der Waals surface area contributed by atoms with Crippen molar-refractivity contribution in [3.63, 3.8) is 0 Å². The average Bonchev–Trinajstić information content (AvgIpc) is 2.14. The van der Waals surface area contributed by atoms with Crippen LogP contribution in [0, 0.1) is 0 Å². The van der Waals surface area contributed by atoms with Crippen LogP contribution in [-0.2, 0) is 11.0 Å². The Labute approximate surface area is 91.0 Å². The molecule has 0 amide bonds. The first-order valence-corrected chi connectivity index (χ1v) is 4.61. The van der Waals surface area contributed by atoms with Crippen LogP contribution < -0.4 is 4.74 Å². The summed E-state index contributed by atoms with van der Waals surface area (Å²) in [6.45, 7) is 3.22. The lowest BCUT2D eigenvalue weighted by Crippen LogP contribution is -2.15. The molecular weight excluding hydrogens is 221 g/mol. The summed E-state index contributed by atoms with van der Waals surface area (Å²) in [5, 5.41) is 0. The number of hydrogen-bond acceptors (Lipinski definition) is 2. The number of rotatable bonds is 3. The molecular formula is C11H10F3O2. The number of alkyl halides is 3. The van der Waals surface area contributed by atoms with Crippen molar-refractivity contribution in [3.05, 3.63) is 29.3 Å². The van der Waals surface area contributed by atoms with Crippen LogP contribution >= 0.6 is 0 Å². The molecule has 1 radical (unpaired) electrons. The highest BCUT2D eigenvalue weighted by molar-refractivity contribution is 5.79. The number of halogens is 3. The molecule has 0 saturated carbocycles. The number of hydrogen-bond donors (Lipinski definition) is 0. The fraction of sp³-hybridized carbons (Fsp3) is 0.364. The molecule has 87 valence electrons. The molecule has 0 heterocycles. The van der Waals surface area contributed by atoms with E-state index in [1.54, 1.807) is 13.8 Å². The highest BCUT2D eigenvalue weighted by Gasteiger charge is 2.37. The second-order valence-corrected chi connectivity index (χ2v) is 3.45. The van der Waals surface area contributed by atoms with Crippen molar-refractivity contribution in [2.45, 2.75) is 26.1 Å². The molecule has 0 spiro atoms. The minimum atomic E-state index is -4.63. The van der Waals surface area contributed by atoms with Gasteiger partial charge in [0.2, 0.25) is 6.29 Å². The first-order valence-electron chi connectivity index (χ1n) is 4.61. The topological polar surface area (TPSA) is 26.3 Å². The Morgan fingerprint density at radius 3 is 2.38 bits per heavy atom. The van der Waals surface area contributed by atoms with Crippen molar-refractivity contribution in [3.8, 4) is 5.75 Å². The molecule has 1 aromatic rings. The molecule has 2 nitrogen and oxygen atoms in total. The Hall–Kier alpha value is -1.52. The van der Waals surface area contributed by atoms with E-state index >= 15 is 0 Å². The van der Waals surface area contributed by atoms with Gasteiger partial charge in [-0.05, 0) is 19.9 Å². The number of benzene rings is 1. The number of ether oxygens (including phenoxy) is 1. The molecule has 1 rings (SSSR count). The summed E-state index contributed by atoms with van der Waals surface area (Å²) in [7, 11) is 0. The van der Waals surface area contributed by atoms with E-state index in [9.17, 15) is 18.0 Å². The van der Waals surface area contributed by atoms with E-state index in [4.69, 9.17) is 4.74 Å². The largest absolute Gasteiger partial charge is 0.490 e. The lowest BCUT2D eigenvalue weighted by Gasteiger charge is -2.17. The minimum absolute atomic E-state index is 0.344. The molecule has 0 aliphatic carbocycles. The molecule has 16 heavy (non-hydrogen) atoms. The van der Waals surface area contributed by atoms with Crippen molar-refractivity contribution < 1.29 is 22.7 Å². The molecule has 1 aromatic carbocycles. The fourth-order valence-corrected chi connectivity index (χ4v) is 1.26. The van der Waals surface area contributed by atoms with Gasteiger partial charge in [0.25, 0.3) is 0 Å². The SMILES string of the molecule is CC(C)Oc1cccc([C]=O)c1C(F)(F)F. The molecule has 0 N–H and O–H groups in total. The molecule has 5 heteroatoms. The van der Waals surface area contributed by atoms with Crippen molar-refractivity contribution >= 4 is 6.29 Å². The summed E-state index contributed by atoms with van der Waals surface area (Å²) < 4.78 is 43.1. The summed E-state index contributed by atoms with van der Waals surface area (Å²) >= 11 is 0. The van der Waals surface area contributed by atoms with E-state index in [1.807, 2.05) is 0 Å². The van der Waals surface area contributed by atoms with Crippen molar-refractivity contribution in [1.82, 2.24) is 0 Å². The molecule has 0 atom stereocenters. The Balaban J connectivity index is 3.32. The molecule has 0 aliphatic heterocycles. The van der Waals surface area contributed by atoms with Gasteiger partial charge in [-0.3, -0.25) is 4.79 Å². The number of carbonyl (C=O) groups excluding carboxylic acids is 1. The van der Waals surface area contributed by atoms with Gasteiger partial charge in [-0.25, -0.2) is 0 Å². The van der Waals surface area contributed by atoms with E-state index in [0.717, 1.165) is 6.07 Å². The van der Waals surface area contributed by atoms with Gasteiger partial charge in [-0.1, -0.05) is 12.1 Å². The minimum Gasteiger partial charge on any atom is -0.490 e. The van der Waals surface area contributed by atoms with Crippen LogP contribution in [0.5, 0.6) is 5.75 Å². The molecule has 0 unspecified atom stereocenters. The zero-order valence-electron chi connectivity index (χ0n) is 8.76. The van der Waals surface area contributed by atoms with Gasteiger partial charge >= 0.3 is 6.18 Å². The zero-order valence-corrected chi connectivity index (χ0v) is 8.76. The first kappa shape index (κ1) is 12.5. The molecule has 0 aromatic heterocycles. The maximum atomic E-state index is 12.7. The fourth-order valence-electron chi connectivity index (χ4n) is 1.26. The predicted molar refractivity (Wildman–Crippen MR) is 52.0 cm³/mol. The third kappa shape index (κ3) is 2.74. The average molecular weight is 231 g/mol. The van der Waals surface area contributed by atoms with E-state index in [-0.39, 0.29) is 5.75 Å². The van der Waals surface area contributed by atoms with Crippen LogP contribution in [-0.4, -0.2) is 12.4 Å². The van der Waals surface area contributed by atoms with Crippen LogP contribution in [0.25, 0.3) is 0 Å². The van der Waals surface area contributed by atoms with Crippen LogP contribution in [0.4, 0.5) is 13.2 Å². The zero-order chi connectivity index (χ0) is 12.3. The Kier molecular flexibility index (Phi) is 3.57. The van der Waals surface area contributed by atoms with E-state index in [2.05, 4.69) is 0 Å². The van der Waals surface area contributed by atoms with Crippen molar-refractivity contribution in [2.75, 3.05) is 0 Å². The van der Waals surface area contributed by atoms with Crippen LogP contribution in [0.15, 0.2) is 18.2 Å².